The minimum atomic E-state index is 0.179. The van der Waals surface area contributed by atoms with Gasteiger partial charge in [-0.05, 0) is 171 Å². The highest BCUT2D eigenvalue weighted by Gasteiger charge is 2.24. The summed E-state index contributed by atoms with van der Waals surface area (Å²) in [6, 6.07) is 65.8. The van der Waals surface area contributed by atoms with Crippen LogP contribution in [0.3, 0.4) is 0 Å². The predicted octanol–water partition coefficient (Wildman–Crippen LogP) is 14.9. The molecule has 0 spiro atoms. The first kappa shape index (κ1) is 35.1. The molecule has 8 aromatic carbocycles. The van der Waals surface area contributed by atoms with E-state index >= 15 is 0 Å². The van der Waals surface area contributed by atoms with E-state index < -0.39 is 0 Å². The van der Waals surface area contributed by atoms with Gasteiger partial charge in [-0.3, -0.25) is 0 Å². The molecule has 0 heterocycles. The summed E-state index contributed by atoms with van der Waals surface area (Å²) in [7, 11) is 0. The van der Waals surface area contributed by atoms with Crippen LogP contribution in [0.2, 0.25) is 0 Å². The summed E-state index contributed by atoms with van der Waals surface area (Å²) in [5, 5.41) is 2.50. The Morgan fingerprint density at radius 1 is 0.368 bits per heavy atom. The number of benzene rings is 8. The van der Waals surface area contributed by atoms with Crippen molar-refractivity contribution in [1.82, 2.24) is 0 Å². The molecule has 0 radical (unpaired) electrons. The number of anilines is 6. The van der Waals surface area contributed by atoms with Crippen LogP contribution in [0.5, 0.6) is 0 Å². The molecule has 2 nitrogen and oxygen atoms in total. The number of aryl methyl sites for hydroxylation is 4. The topological polar surface area (TPSA) is 6.48 Å². The molecule has 0 unspecified atom stereocenters. The van der Waals surface area contributed by atoms with E-state index in [1.165, 1.54) is 79.4 Å². The van der Waals surface area contributed by atoms with E-state index in [4.69, 9.17) is 0 Å². The molecular weight excluding hydrogens is 689 g/mol. The van der Waals surface area contributed by atoms with Gasteiger partial charge in [0.25, 0.3) is 0 Å². The van der Waals surface area contributed by atoms with Gasteiger partial charge >= 0.3 is 0 Å². The summed E-state index contributed by atoms with van der Waals surface area (Å²) >= 11 is 0. The number of nitrogens with zero attached hydrogens (tertiary/aromatic N) is 2. The average Bonchev–Trinajstić information content (AvgIpc) is 3.19. The Labute approximate surface area is 337 Å². The second kappa shape index (κ2) is 14.3. The lowest BCUT2D eigenvalue weighted by molar-refractivity contribution is 0.411. The fourth-order valence-electron chi connectivity index (χ4n) is 8.94. The maximum atomic E-state index is 2.46. The summed E-state index contributed by atoms with van der Waals surface area (Å²) < 4.78 is 0. The van der Waals surface area contributed by atoms with Crippen molar-refractivity contribution in [3.8, 4) is 22.3 Å². The molecule has 0 aliphatic heterocycles. The molecular formula is C55H48N2. The van der Waals surface area contributed by atoms with Crippen LogP contribution in [0.1, 0.15) is 48.6 Å². The molecule has 2 aliphatic carbocycles. The maximum absolute atomic E-state index is 2.46. The Balaban J connectivity index is 1.28. The number of fused-ring (bicyclic) bond motifs is 3. The lowest BCUT2D eigenvalue weighted by Gasteiger charge is -2.30. The largest absolute Gasteiger partial charge is 0.310 e. The fourth-order valence-corrected chi connectivity index (χ4v) is 8.94. The maximum Gasteiger partial charge on any atom is 0.0474 e. The monoisotopic (exact) mass is 736 g/mol. The van der Waals surface area contributed by atoms with Crippen LogP contribution >= 0.6 is 0 Å². The molecule has 0 amide bonds. The van der Waals surface area contributed by atoms with Gasteiger partial charge < -0.3 is 9.80 Å². The molecule has 10 rings (SSSR count). The van der Waals surface area contributed by atoms with Gasteiger partial charge in [-0.15, -0.1) is 0 Å². The number of hydrogen-bond donors (Lipinski definition) is 0. The number of rotatable bonds is 9. The van der Waals surface area contributed by atoms with Crippen molar-refractivity contribution >= 4 is 44.9 Å². The summed E-state index contributed by atoms with van der Waals surface area (Å²) in [4.78, 5) is 4.88. The van der Waals surface area contributed by atoms with Crippen molar-refractivity contribution in [2.45, 2.75) is 52.9 Å². The van der Waals surface area contributed by atoms with Gasteiger partial charge in [0.1, 0.15) is 0 Å². The lowest BCUT2D eigenvalue weighted by Crippen LogP contribution is -2.13. The van der Waals surface area contributed by atoms with Gasteiger partial charge in [-0.2, -0.15) is 0 Å². The molecule has 0 aromatic heterocycles. The Morgan fingerprint density at radius 2 is 0.789 bits per heavy atom. The molecule has 0 N–H and O–H groups in total. The van der Waals surface area contributed by atoms with Crippen molar-refractivity contribution in [2.75, 3.05) is 9.80 Å². The zero-order valence-corrected chi connectivity index (χ0v) is 33.2. The molecule has 2 heteroatoms. The Bertz CT molecular complexity index is 2700. The first-order chi connectivity index (χ1) is 27.8. The van der Waals surface area contributed by atoms with Gasteiger partial charge in [0.2, 0.25) is 0 Å². The highest BCUT2D eigenvalue weighted by molar-refractivity contribution is 6.10. The van der Waals surface area contributed by atoms with E-state index in [-0.39, 0.29) is 5.41 Å². The Hall–Kier alpha value is -6.38. The normalized spacial score (nSPS) is 13.0. The highest BCUT2D eigenvalue weighted by Crippen LogP contribution is 2.47. The minimum absolute atomic E-state index is 0.179. The van der Waals surface area contributed by atoms with Gasteiger partial charge in [-0.1, -0.05) is 124 Å². The van der Waals surface area contributed by atoms with Crippen LogP contribution in [-0.4, -0.2) is 0 Å². The van der Waals surface area contributed by atoms with E-state index in [2.05, 4.69) is 206 Å². The predicted molar refractivity (Wildman–Crippen MR) is 242 cm³/mol. The zero-order valence-electron chi connectivity index (χ0n) is 33.2. The molecule has 0 saturated carbocycles. The fraction of sp³-hybridized carbons (Fsp3) is 0.164. The van der Waals surface area contributed by atoms with Gasteiger partial charge in [-0.25, -0.2) is 0 Å². The van der Waals surface area contributed by atoms with Crippen LogP contribution in [0.4, 0.5) is 34.1 Å². The Morgan fingerprint density at radius 3 is 1.19 bits per heavy atom. The average molecular weight is 737 g/mol. The van der Waals surface area contributed by atoms with Crippen molar-refractivity contribution in [2.24, 2.45) is 5.41 Å². The standard InChI is InChI=1S/C55H48N2/c1-55(2,3)37-38-14-13-21-48(30-38)57(47-19-11-6-12-20-47)50-34-52(44-29-25-40-23-27-42(40)32-44)53-35-49(56(45-15-7-4-8-16-45)46-17-9-5-10-18-46)33-51(54(53)36-50)43-28-24-39-22-26-41(39)31-43/h4-21,24-25,28-36H,22-23,26-27,37H2,1-3H3. The second-order valence-electron chi connectivity index (χ2n) is 17.1. The molecule has 0 bridgehead atoms. The molecule has 8 aromatic rings. The Kier molecular flexibility index (Phi) is 8.79. The van der Waals surface area contributed by atoms with E-state index in [0.29, 0.717) is 0 Å². The molecule has 278 valence electrons. The third-order valence-corrected chi connectivity index (χ3v) is 11.9. The van der Waals surface area contributed by atoms with Crippen LogP contribution in [0.25, 0.3) is 33.0 Å². The highest BCUT2D eigenvalue weighted by atomic mass is 15.1. The van der Waals surface area contributed by atoms with E-state index in [1.54, 1.807) is 0 Å². The van der Waals surface area contributed by atoms with Crippen LogP contribution in [0, 0.1) is 5.41 Å². The van der Waals surface area contributed by atoms with Crippen molar-refractivity contribution in [1.29, 1.82) is 0 Å². The number of hydrogen-bond acceptors (Lipinski definition) is 2. The summed E-state index contributed by atoms with van der Waals surface area (Å²) in [6.07, 6.45) is 5.61. The van der Waals surface area contributed by atoms with Crippen molar-refractivity contribution in [3.05, 3.63) is 204 Å². The van der Waals surface area contributed by atoms with Crippen LogP contribution in [-0.2, 0) is 32.1 Å². The smallest absolute Gasteiger partial charge is 0.0474 e. The van der Waals surface area contributed by atoms with Gasteiger partial charge in [0.05, 0.1) is 0 Å². The zero-order chi connectivity index (χ0) is 38.5. The first-order valence-corrected chi connectivity index (χ1v) is 20.6. The molecule has 57 heavy (non-hydrogen) atoms. The molecule has 0 atom stereocenters. The molecule has 0 saturated heterocycles. The first-order valence-electron chi connectivity index (χ1n) is 20.6. The van der Waals surface area contributed by atoms with Crippen LogP contribution < -0.4 is 9.80 Å². The third-order valence-electron chi connectivity index (χ3n) is 11.9. The van der Waals surface area contributed by atoms with Gasteiger partial charge in [0, 0.05) is 34.1 Å². The number of para-hydroxylation sites is 3. The summed E-state index contributed by atoms with van der Waals surface area (Å²) in [6.45, 7) is 6.96. The quantitative estimate of drug-likeness (QED) is 0.146. The van der Waals surface area contributed by atoms with Crippen molar-refractivity contribution < 1.29 is 0 Å². The lowest BCUT2D eigenvalue weighted by atomic mass is 9.83. The summed E-state index contributed by atoms with van der Waals surface area (Å²) in [5.74, 6) is 0. The molecule has 2 aliphatic rings. The summed E-state index contributed by atoms with van der Waals surface area (Å²) in [5.41, 5.74) is 19.3. The van der Waals surface area contributed by atoms with Crippen molar-refractivity contribution in [3.63, 3.8) is 0 Å². The van der Waals surface area contributed by atoms with E-state index in [0.717, 1.165) is 47.7 Å². The second-order valence-corrected chi connectivity index (χ2v) is 17.1. The van der Waals surface area contributed by atoms with E-state index in [1.807, 2.05) is 0 Å². The molecule has 0 fully saturated rings. The minimum Gasteiger partial charge on any atom is -0.310 e. The van der Waals surface area contributed by atoms with Gasteiger partial charge in [0.15, 0.2) is 0 Å². The van der Waals surface area contributed by atoms with E-state index in [9.17, 15) is 0 Å². The van der Waals surface area contributed by atoms with Crippen LogP contribution in [0.15, 0.2) is 176 Å². The third kappa shape index (κ3) is 6.80. The SMILES string of the molecule is CC(C)(C)Cc1cccc(N(c2ccccc2)c2cc(-c3ccc4c(c3)CC4)c3cc(N(c4ccccc4)c4ccccc4)cc(-c4ccc5c(c4)CC5)c3c2)c1.